The highest BCUT2D eigenvalue weighted by molar-refractivity contribution is 5.79. The van der Waals surface area contributed by atoms with E-state index in [9.17, 15) is 9.90 Å². The van der Waals surface area contributed by atoms with Gasteiger partial charge in [0, 0.05) is 17.9 Å². The van der Waals surface area contributed by atoms with Crippen molar-refractivity contribution in [1.82, 2.24) is 5.32 Å². The van der Waals surface area contributed by atoms with E-state index in [0.29, 0.717) is 19.0 Å². The minimum absolute atomic E-state index is 0.0834. The zero-order chi connectivity index (χ0) is 13.6. The average Bonchev–Trinajstić information content (AvgIpc) is 2.89. The van der Waals surface area contributed by atoms with Crippen molar-refractivity contribution in [2.24, 2.45) is 23.0 Å². The second-order valence-corrected chi connectivity index (χ2v) is 5.62. The van der Waals surface area contributed by atoms with Crippen molar-refractivity contribution < 1.29 is 9.90 Å². The quantitative estimate of drug-likeness (QED) is 0.642. The van der Waals surface area contributed by atoms with Crippen LogP contribution < -0.4 is 11.1 Å². The standard InChI is InChI=1S/C14H28N2O2/c1-3-14(4-2,10-17)9-16-13(18)12-7-5-6-11(12)8-15/h11-12,17H,3-10,15H2,1-2H3,(H,16,18). The third-order valence-electron chi connectivity index (χ3n) is 4.77. The van der Waals surface area contributed by atoms with E-state index in [4.69, 9.17) is 5.73 Å². The van der Waals surface area contributed by atoms with Gasteiger partial charge in [0.05, 0.1) is 6.61 Å². The molecular formula is C14H28N2O2. The molecule has 0 spiro atoms. The summed E-state index contributed by atoms with van der Waals surface area (Å²) < 4.78 is 0. The molecule has 2 atom stereocenters. The Morgan fingerprint density at radius 3 is 2.56 bits per heavy atom. The van der Waals surface area contributed by atoms with Crippen LogP contribution in [-0.2, 0) is 4.79 Å². The molecule has 1 saturated carbocycles. The fourth-order valence-electron chi connectivity index (χ4n) is 2.85. The topological polar surface area (TPSA) is 75.3 Å². The Kier molecular flexibility index (Phi) is 6.09. The number of rotatable bonds is 7. The molecule has 4 heteroatoms. The second-order valence-electron chi connectivity index (χ2n) is 5.62. The molecule has 1 aliphatic carbocycles. The van der Waals surface area contributed by atoms with E-state index in [1.807, 2.05) is 0 Å². The summed E-state index contributed by atoms with van der Waals surface area (Å²) in [6, 6.07) is 0. The van der Waals surface area contributed by atoms with Crippen LogP contribution in [0.1, 0.15) is 46.0 Å². The summed E-state index contributed by atoms with van der Waals surface area (Å²) in [5.74, 6) is 0.555. The summed E-state index contributed by atoms with van der Waals surface area (Å²) in [6.07, 6.45) is 4.89. The number of nitrogens with two attached hydrogens (primary N) is 1. The number of amides is 1. The maximum atomic E-state index is 12.2. The molecule has 1 rings (SSSR count). The SMILES string of the molecule is CCC(CC)(CO)CNC(=O)C1CCCC1CN. The van der Waals surface area contributed by atoms with Gasteiger partial charge in [-0.25, -0.2) is 0 Å². The first-order valence-electron chi connectivity index (χ1n) is 7.21. The normalized spacial score (nSPS) is 24.2. The van der Waals surface area contributed by atoms with Gasteiger partial charge in [0.2, 0.25) is 5.91 Å². The highest BCUT2D eigenvalue weighted by atomic mass is 16.3. The molecule has 0 saturated heterocycles. The third-order valence-corrected chi connectivity index (χ3v) is 4.77. The molecule has 2 unspecified atom stereocenters. The molecule has 1 aliphatic rings. The zero-order valence-corrected chi connectivity index (χ0v) is 11.7. The van der Waals surface area contributed by atoms with Crippen LogP contribution in [-0.4, -0.2) is 30.7 Å². The number of hydrogen-bond acceptors (Lipinski definition) is 3. The monoisotopic (exact) mass is 256 g/mol. The molecule has 0 aliphatic heterocycles. The molecule has 18 heavy (non-hydrogen) atoms. The Bertz CT molecular complexity index is 256. The first-order chi connectivity index (χ1) is 8.62. The lowest BCUT2D eigenvalue weighted by molar-refractivity contribution is -0.126. The molecule has 0 heterocycles. The van der Waals surface area contributed by atoms with Crippen molar-refractivity contribution in [3.05, 3.63) is 0 Å². The lowest BCUT2D eigenvalue weighted by atomic mass is 9.83. The predicted octanol–water partition coefficient (Wildman–Crippen LogP) is 1.28. The summed E-state index contributed by atoms with van der Waals surface area (Å²) in [5, 5.41) is 12.5. The van der Waals surface area contributed by atoms with Crippen LogP contribution in [0.25, 0.3) is 0 Å². The van der Waals surface area contributed by atoms with E-state index in [2.05, 4.69) is 19.2 Å². The van der Waals surface area contributed by atoms with Crippen LogP contribution in [0.5, 0.6) is 0 Å². The molecule has 0 radical (unpaired) electrons. The Morgan fingerprint density at radius 2 is 2.06 bits per heavy atom. The number of aliphatic hydroxyl groups is 1. The maximum absolute atomic E-state index is 12.2. The van der Waals surface area contributed by atoms with Crippen molar-refractivity contribution in [1.29, 1.82) is 0 Å². The number of carbonyl (C=O) groups excluding carboxylic acids is 1. The number of nitrogens with one attached hydrogen (secondary N) is 1. The van der Waals surface area contributed by atoms with E-state index >= 15 is 0 Å². The zero-order valence-electron chi connectivity index (χ0n) is 11.7. The number of carbonyl (C=O) groups is 1. The Balaban J connectivity index is 2.49. The van der Waals surface area contributed by atoms with Crippen molar-refractivity contribution in [3.8, 4) is 0 Å². The van der Waals surface area contributed by atoms with E-state index in [1.165, 1.54) is 0 Å². The Morgan fingerprint density at radius 1 is 1.39 bits per heavy atom. The fourth-order valence-corrected chi connectivity index (χ4v) is 2.85. The number of aliphatic hydroxyl groups excluding tert-OH is 1. The molecule has 0 bridgehead atoms. The minimum atomic E-state index is -0.160. The Labute approximate surface area is 110 Å². The van der Waals surface area contributed by atoms with Crippen LogP contribution in [0, 0.1) is 17.3 Å². The predicted molar refractivity (Wildman–Crippen MR) is 73.0 cm³/mol. The second kappa shape index (κ2) is 7.10. The fraction of sp³-hybridized carbons (Fsp3) is 0.929. The lowest BCUT2D eigenvalue weighted by Gasteiger charge is -2.30. The van der Waals surface area contributed by atoms with Crippen LogP contribution >= 0.6 is 0 Å². The van der Waals surface area contributed by atoms with Crippen LogP contribution in [0.4, 0.5) is 0 Å². The van der Waals surface area contributed by atoms with Gasteiger partial charge in [-0.1, -0.05) is 20.3 Å². The van der Waals surface area contributed by atoms with Crippen molar-refractivity contribution in [2.45, 2.75) is 46.0 Å². The molecule has 0 aromatic carbocycles. The molecule has 1 amide bonds. The van der Waals surface area contributed by atoms with Gasteiger partial charge in [-0.15, -0.1) is 0 Å². The van der Waals surface area contributed by atoms with Gasteiger partial charge in [-0.2, -0.15) is 0 Å². The third kappa shape index (κ3) is 3.45. The lowest BCUT2D eigenvalue weighted by Crippen LogP contribution is -2.43. The first-order valence-corrected chi connectivity index (χ1v) is 7.21. The van der Waals surface area contributed by atoms with Crippen molar-refractivity contribution >= 4 is 5.91 Å². The summed E-state index contributed by atoms with van der Waals surface area (Å²) in [4.78, 5) is 12.2. The van der Waals surface area contributed by atoms with Crippen molar-refractivity contribution in [3.63, 3.8) is 0 Å². The van der Waals surface area contributed by atoms with Gasteiger partial charge in [-0.3, -0.25) is 4.79 Å². The van der Waals surface area contributed by atoms with E-state index in [-0.39, 0.29) is 23.8 Å². The largest absolute Gasteiger partial charge is 0.396 e. The molecule has 4 N–H and O–H groups in total. The highest BCUT2D eigenvalue weighted by Gasteiger charge is 2.33. The molecule has 1 fully saturated rings. The summed E-state index contributed by atoms with van der Waals surface area (Å²) in [5.41, 5.74) is 5.54. The number of hydrogen-bond donors (Lipinski definition) is 3. The molecular weight excluding hydrogens is 228 g/mol. The van der Waals surface area contributed by atoms with E-state index in [1.54, 1.807) is 0 Å². The van der Waals surface area contributed by atoms with Crippen LogP contribution in [0.2, 0.25) is 0 Å². The summed E-state index contributed by atoms with van der Waals surface area (Å²) in [7, 11) is 0. The van der Waals surface area contributed by atoms with Gasteiger partial charge in [-0.05, 0) is 38.1 Å². The maximum Gasteiger partial charge on any atom is 0.223 e. The highest BCUT2D eigenvalue weighted by Crippen LogP contribution is 2.31. The Hall–Kier alpha value is -0.610. The van der Waals surface area contributed by atoms with E-state index in [0.717, 1.165) is 32.1 Å². The van der Waals surface area contributed by atoms with Gasteiger partial charge in [0.25, 0.3) is 0 Å². The molecule has 4 nitrogen and oxygen atoms in total. The smallest absolute Gasteiger partial charge is 0.223 e. The first kappa shape index (κ1) is 15.4. The molecule has 106 valence electrons. The van der Waals surface area contributed by atoms with Gasteiger partial charge >= 0.3 is 0 Å². The average molecular weight is 256 g/mol. The molecule has 0 aromatic heterocycles. The summed E-state index contributed by atoms with van der Waals surface area (Å²) >= 11 is 0. The summed E-state index contributed by atoms with van der Waals surface area (Å²) in [6.45, 7) is 5.42. The van der Waals surface area contributed by atoms with Crippen molar-refractivity contribution in [2.75, 3.05) is 19.7 Å². The van der Waals surface area contributed by atoms with Crippen LogP contribution in [0.3, 0.4) is 0 Å². The molecule has 0 aromatic rings. The van der Waals surface area contributed by atoms with Gasteiger partial charge < -0.3 is 16.2 Å². The minimum Gasteiger partial charge on any atom is -0.396 e. The van der Waals surface area contributed by atoms with Gasteiger partial charge in [0.1, 0.15) is 0 Å². The van der Waals surface area contributed by atoms with E-state index < -0.39 is 0 Å². The van der Waals surface area contributed by atoms with Gasteiger partial charge in [0.15, 0.2) is 0 Å². The van der Waals surface area contributed by atoms with Crippen LogP contribution in [0.15, 0.2) is 0 Å².